The number of rotatable bonds is 6. The Balaban J connectivity index is 1.71. The average Bonchev–Trinajstić information content (AvgIpc) is 3.27. The Kier molecular flexibility index (Phi) is 6.50. The fraction of sp³-hybridized carbons (Fsp3) is 0.333. The summed E-state index contributed by atoms with van der Waals surface area (Å²) in [7, 11) is 1.61. The van der Waals surface area contributed by atoms with E-state index in [1.54, 1.807) is 12.0 Å². The number of anilines is 2. The number of nitrogens with one attached hydrogen (secondary N) is 1. The number of benzene rings is 2. The Morgan fingerprint density at radius 3 is 2.50 bits per heavy atom. The minimum absolute atomic E-state index is 0.00269. The highest BCUT2D eigenvalue weighted by molar-refractivity contribution is 7.15. The van der Waals surface area contributed by atoms with E-state index in [0.717, 1.165) is 34.0 Å². The van der Waals surface area contributed by atoms with Crippen molar-refractivity contribution in [3.8, 4) is 5.75 Å². The lowest BCUT2D eigenvalue weighted by Crippen LogP contribution is -2.47. The molecule has 166 valence electrons. The van der Waals surface area contributed by atoms with E-state index in [9.17, 15) is 9.59 Å². The summed E-state index contributed by atoms with van der Waals surface area (Å²) in [6.45, 7) is 4.00. The van der Waals surface area contributed by atoms with Gasteiger partial charge in [-0.3, -0.25) is 9.59 Å². The minimum atomic E-state index is -0.441. The molecule has 2 amide bonds. The third-order valence-corrected chi connectivity index (χ3v) is 6.69. The molecule has 2 unspecified atom stereocenters. The number of carbonyl (C=O) groups excluding carboxylic acids is 2. The molecule has 1 saturated heterocycles. The van der Waals surface area contributed by atoms with Crippen LogP contribution in [0.2, 0.25) is 0 Å². The molecule has 3 aromatic rings. The van der Waals surface area contributed by atoms with Crippen LogP contribution in [0, 0.1) is 12.8 Å². The van der Waals surface area contributed by atoms with Crippen LogP contribution in [0.3, 0.4) is 0 Å². The summed E-state index contributed by atoms with van der Waals surface area (Å²) < 4.78 is 5.29. The van der Waals surface area contributed by atoms with E-state index in [4.69, 9.17) is 4.74 Å². The van der Waals surface area contributed by atoms with Crippen LogP contribution in [0.25, 0.3) is 0 Å². The Hall–Kier alpha value is -3.26. The second-order valence-corrected chi connectivity index (χ2v) is 8.87. The van der Waals surface area contributed by atoms with Crippen molar-refractivity contribution >= 4 is 34.0 Å². The summed E-state index contributed by atoms with van der Waals surface area (Å²) in [6, 6.07) is 14.9. The third kappa shape index (κ3) is 4.50. The number of ether oxygens (including phenoxy) is 1. The van der Waals surface area contributed by atoms with Gasteiger partial charge in [-0.25, -0.2) is 0 Å². The largest absolute Gasteiger partial charge is 0.497 e. The zero-order valence-electron chi connectivity index (χ0n) is 18.4. The van der Waals surface area contributed by atoms with Crippen LogP contribution in [0.1, 0.15) is 41.9 Å². The lowest BCUT2D eigenvalue weighted by Gasteiger charge is -2.40. The molecule has 2 aromatic carbocycles. The second-order valence-electron chi connectivity index (χ2n) is 7.81. The van der Waals surface area contributed by atoms with E-state index >= 15 is 0 Å². The van der Waals surface area contributed by atoms with Gasteiger partial charge >= 0.3 is 0 Å². The van der Waals surface area contributed by atoms with Crippen molar-refractivity contribution in [1.29, 1.82) is 0 Å². The number of nitrogens with zero attached hydrogens (tertiary/aromatic N) is 3. The molecule has 2 heterocycles. The van der Waals surface area contributed by atoms with Crippen LogP contribution >= 0.6 is 11.3 Å². The maximum atomic E-state index is 13.4. The molecule has 4 rings (SSSR count). The molecular weight excluding hydrogens is 424 g/mol. The van der Waals surface area contributed by atoms with Crippen molar-refractivity contribution in [2.45, 2.75) is 39.2 Å². The first kappa shape index (κ1) is 22.0. The van der Waals surface area contributed by atoms with Crippen LogP contribution in [0.15, 0.2) is 48.5 Å². The summed E-state index contributed by atoms with van der Waals surface area (Å²) in [5, 5.41) is 12.5. The van der Waals surface area contributed by atoms with Crippen molar-refractivity contribution in [3.63, 3.8) is 0 Å². The summed E-state index contributed by atoms with van der Waals surface area (Å²) >= 11 is 1.38. The Bertz CT molecular complexity index is 1100. The van der Waals surface area contributed by atoms with E-state index in [-0.39, 0.29) is 11.8 Å². The van der Waals surface area contributed by atoms with Crippen molar-refractivity contribution in [2.24, 2.45) is 5.92 Å². The Morgan fingerprint density at radius 1 is 1.16 bits per heavy atom. The topological polar surface area (TPSA) is 84.4 Å². The summed E-state index contributed by atoms with van der Waals surface area (Å²) in [4.78, 5) is 28.2. The summed E-state index contributed by atoms with van der Waals surface area (Å²) in [6.07, 6.45) is 1.53. The SMILES string of the molecule is CCc1nnc(NC(=O)C2CCC(=O)N(c3ccc(C)cc3)C2c2ccc(OC)cc2)s1. The van der Waals surface area contributed by atoms with Gasteiger partial charge in [-0.1, -0.05) is 48.1 Å². The molecule has 0 aliphatic carbocycles. The zero-order valence-corrected chi connectivity index (χ0v) is 19.2. The van der Waals surface area contributed by atoms with Crippen LogP contribution < -0.4 is 15.0 Å². The Morgan fingerprint density at radius 2 is 1.88 bits per heavy atom. The van der Waals surface area contributed by atoms with Crippen LogP contribution in [0.4, 0.5) is 10.8 Å². The van der Waals surface area contributed by atoms with Gasteiger partial charge in [0.25, 0.3) is 0 Å². The summed E-state index contributed by atoms with van der Waals surface area (Å²) in [5.41, 5.74) is 2.77. The molecule has 1 aliphatic rings. The van der Waals surface area contributed by atoms with E-state index in [0.29, 0.717) is 18.0 Å². The smallest absolute Gasteiger partial charge is 0.231 e. The van der Waals surface area contributed by atoms with Crippen LogP contribution in [-0.2, 0) is 16.0 Å². The van der Waals surface area contributed by atoms with Gasteiger partial charge in [-0.2, -0.15) is 0 Å². The lowest BCUT2D eigenvalue weighted by molar-refractivity contribution is -0.125. The minimum Gasteiger partial charge on any atom is -0.497 e. The number of amides is 2. The monoisotopic (exact) mass is 450 g/mol. The number of aryl methyl sites for hydroxylation is 2. The number of carbonyl (C=O) groups is 2. The number of methoxy groups -OCH3 is 1. The fourth-order valence-corrected chi connectivity index (χ4v) is 4.69. The molecule has 0 bridgehead atoms. The standard InChI is InChI=1S/C24H26N4O3S/c1-4-20-26-27-24(32-20)25-23(30)19-13-14-21(29)28(17-9-5-15(2)6-10-17)22(19)16-7-11-18(31-3)12-8-16/h5-12,19,22H,4,13-14H2,1-3H3,(H,25,27,30). The average molecular weight is 451 g/mol. The molecule has 32 heavy (non-hydrogen) atoms. The Labute approximate surface area is 191 Å². The van der Waals surface area contributed by atoms with Crippen molar-refractivity contribution < 1.29 is 14.3 Å². The maximum absolute atomic E-state index is 13.4. The van der Waals surface area contributed by atoms with E-state index in [1.807, 2.05) is 62.4 Å². The van der Waals surface area contributed by atoms with Gasteiger partial charge in [0.05, 0.1) is 19.1 Å². The van der Waals surface area contributed by atoms with E-state index in [2.05, 4.69) is 15.5 Å². The molecule has 1 aliphatic heterocycles. The van der Waals surface area contributed by atoms with Gasteiger partial charge in [0, 0.05) is 12.1 Å². The highest BCUT2D eigenvalue weighted by atomic mass is 32.1. The van der Waals surface area contributed by atoms with Crippen molar-refractivity contribution in [3.05, 3.63) is 64.7 Å². The first-order chi connectivity index (χ1) is 15.5. The normalized spacial score (nSPS) is 18.5. The third-order valence-electron chi connectivity index (χ3n) is 5.70. The fourth-order valence-electron chi connectivity index (χ4n) is 4.00. The molecule has 1 fully saturated rings. The quantitative estimate of drug-likeness (QED) is 0.596. The molecule has 0 radical (unpaired) electrons. The van der Waals surface area contributed by atoms with Gasteiger partial charge in [0.1, 0.15) is 10.8 Å². The molecule has 7 nitrogen and oxygen atoms in total. The molecule has 0 spiro atoms. The highest BCUT2D eigenvalue weighted by Crippen LogP contribution is 2.41. The van der Waals surface area contributed by atoms with Gasteiger partial charge in [-0.15, -0.1) is 10.2 Å². The van der Waals surface area contributed by atoms with Gasteiger partial charge < -0.3 is 15.0 Å². The number of hydrogen-bond acceptors (Lipinski definition) is 6. The van der Waals surface area contributed by atoms with Gasteiger partial charge in [-0.05, 0) is 49.6 Å². The highest BCUT2D eigenvalue weighted by Gasteiger charge is 2.41. The van der Waals surface area contributed by atoms with Crippen molar-refractivity contribution in [2.75, 3.05) is 17.3 Å². The molecule has 1 aromatic heterocycles. The summed E-state index contributed by atoms with van der Waals surface area (Å²) in [5.74, 6) is 0.133. The molecule has 8 heteroatoms. The first-order valence-electron chi connectivity index (χ1n) is 10.7. The van der Waals surface area contributed by atoms with Crippen LogP contribution in [0.5, 0.6) is 5.75 Å². The number of hydrogen-bond donors (Lipinski definition) is 1. The van der Waals surface area contributed by atoms with Gasteiger partial charge in [0.15, 0.2) is 0 Å². The lowest BCUT2D eigenvalue weighted by atomic mass is 9.83. The van der Waals surface area contributed by atoms with Crippen LogP contribution in [-0.4, -0.2) is 29.1 Å². The first-order valence-corrected chi connectivity index (χ1v) is 11.5. The predicted molar refractivity (Wildman–Crippen MR) is 125 cm³/mol. The number of aromatic nitrogens is 2. The van der Waals surface area contributed by atoms with E-state index < -0.39 is 12.0 Å². The van der Waals surface area contributed by atoms with Gasteiger partial charge in [0.2, 0.25) is 16.9 Å². The number of piperidine rings is 1. The molecular formula is C24H26N4O3S. The van der Waals surface area contributed by atoms with E-state index in [1.165, 1.54) is 11.3 Å². The zero-order chi connectivity index (χ0) is 22.7. The molecule has 2 atom stereocenters. The second kappa shape index (κ2) is 9.48. The van der Waals surface area contributed by atoms with Crippen molar-refractivity contribution in [1.82, 2.24) is 10.2 Å². The molecule has 0 saturated carbocycles. The molecule has 1 N–H and O–H groups in total. The maximum Gasteiger partial charge on any atom is 0.231 e. The predicted octanol–water partition coefficient (Wildman–Crippen LogP) is 4.54.